The molecule has 0 aliphatic carbocycles. The van der Waals surface area contributed by atoms with Gasteiger partial charge in [-0.15, -0.1) is 0 Å². The fraction of sp³-hybridized carbons (Fsp3) is 0.118. The van der Waals surface area contributed by atoms with E-state index in [1.807, 2.05) is 55.6 Å². The molecule has 5 nitrogen and oxygen atoms in total. The van der Waals surface area contributed by atoms with Gasteiger partial charge in [0.25, 0.3) is 0 Å². The van der Waals surface area contributed by atoms with Crippen LogP contribution in [0.4, 0.5) is 0 Å². The maximum Gasteiger partial charge on any atom is 0.220 e. The molecule has 0 saturated carbocycles. The van der Waals surface area contributed by atoms with E-state index in [1.165, 1.54) is 0 Å². The predicted octanol–water partition coefficient (Wildman–Crippen LogP) is 8.81. The molecule has 4 aromatic carbocycles. The second-order valence-electron chi connectivity index (χ2n) is 10.3. The molecule has 7 aromatic rings. The molecule has 0 spiro atoms. The molecule has 0 aliphatic rings. The number of aryl methyl sites for hydroxylation is 1. The van der Waals surface area contributed by atoms with E-state index < -0.39 is 0 Å². The zero-order valence-electron chi connectivity index (χ0n) is 22.0. The predicted molar refractivity (Wildman–Crippen MR) is 158 cm³/mol. The number of aromatic hydroxyl groups is 1. The van der Waals surface area contributed by atoms with E-state index >= 15 is 0 Å². The zero-order chi connectivity index (χ0) is 26.7. The average molecular weight is 510 g/mol. The van der Waals surface area contributed by atoms with E-state index in [2.05, 4.69) is 66.9 Å². The molecular formula is C34H27N3O2. The van der Waals surface area contributed by atoms with Gasteiger partial charge >= 0.3 is 0 Å². The lowest BCUT2D eigenvalue weighted by Crippen LogP contribution is -1.99. The van der Waals surface area contributed by atoms with Crippen LogP contribution in [0.25, 0.3) is 49.3 Å². The Bertz CT molecular complexity index is 2050. The highest BCUT2D eigenvalue weighted by molar-refractivity contribution is 6.10. The van der Waals surface area contributed by atoms with Gasteiger partial charge in [0.2, 0.25) is 5.88 Å². The summed E-state index contributed by atoms with van der Waals surface area (Å²) in [6.07, 6.45) is 1.86. The fourth-order valence-electron chi connectivity index (χ4n) is 5.55. The molecule has 5 heteroatoms. The molecule has 3 aromatic heterocycles. The summed E-state index contributed by atoms with van der Waals surface area (Å²) in [5.41, 5.74) is 4.52. The van der Waals surface area contributed by atoms with E-state index in [0.717, 1.165) is 54.9 Å². The number of pyridine rings is 2. The lowest BCUT2D eigenvalue weighted by Gasteiger charge is -2.15. The number of phenolic OH excluding ortho intramolecular Hbond substituents is 1. The minimum atomic E-state index is 0.192. The first-order chi connectivity index (χ1) is 19.0. The van der Waals surface area contributed by atoms with Crippen LogP contribution in [0.1, 0.15) is 30.9 Å². The van der Waals surface area contributed by atoms with Crippen LogP contribution in [0.2, 0.25) is 0 Å². The number of para-hydroxylation sites is 1. The Hall–Kier alpha value is -4.90. The molecule has 0 aliphatic heterocycles. The summed E-state index contributed by atoms with van der Waals surface area (Å²) in [6.45, 7) is 6.15. The van der Waals surface area contributed by atoms with E-state index in [1.54, 1.807) is 0 Å². The molecule has 0 unspecified atom stereocenters. The first-order valence-corrected chi connectivity index (χ1v) is 13.2. The Labute approximate surface area is 225 Å². The number of aromatic nitrogens is 3. The molecule has 7 rings (SSSR count). The minimum absolute atomic E-state index is 0.192. The molecule has 0 fully saturated rings. The first kappa shape index (κ1) is 23.2. The maximum atomic E-state index is 10.8. The quantitative estimate of drug-likeness (QED) is 0.257. The Morgan fingerprint density at radius 1 is 0.769 bits per heavy atom. The molecule has 3 heterocycles. The standard InChI is InChI=1S/C34H27N3O2/c1-20(2)28-19-31(36-32-27(28)14-12-21(3)33(32)38)39-23-13-15-26-25-10-6-7-11-29(25)37(30(26)18-23)34-24-9-5-4-8-22(24)16-17-35-34/h4-20,38H,1-3H3. The molecule has 39 heavy (non-hydrogen) atoms. The van der Waals surface area contributed by atoms with Crippen LogP contribution in [0, 0.1) is 6.92 Å². The van der Waals surface area contributed by atoms with Gasteiger partial charge < -0.3 is 9.84 Å². The Morgan fingerprint density at radius 3 is 2.36 bits per heavy atom. The van der Waals surface area contributed by atoms with Crippen LogP contribution in [0.5, 0.6) is 17.4 Å². The molecule has 0 amide bonds. The van der Waals surface area contributed by atoms with Crippen molar-refractivity contribution in [1.29, 1.82) is 0 Å². The van der Waals surface area contributed by atoms with E-state index in [4.69, 9.17) is 14.7 Å². The van der Waals surface area contributed by atoms with Crippen LogP contribution in [0.15, 0.2) is 97.2 Å². The van der Waals surface area contributed by atoms with Crippen molar-refractivity contribution in [2.75, 3.05) is 0 Å². The van der Waals surface area contributed by atoms with Crippen molar-refractivity contribution in [3.05, 3.63) is 108 Å². The van der Waals surface area contributed by atoms with Crippen molar-refractivity contribution in [3.8, 4) is 23.2 Å². The molecule has 0 saturated heterocycles. The number of phenols is 1. The maximum absolute atomic E-state index is 10.8. The van der Waals surface area contributed by atoms with Crippen molar-refractivity contribution in [3.63, 3.8) is 0 Å². The molecule has 0 bridgehead atoms. The van der Waals surface area contributed by atoms with Crippen LogP contribution in [-0.4, -0.2) is 19.6 Å². The third kappa shape index (κ3) is 3.69. The first-order valence-electron chi connectivity index (χ1n) is 13.2. The summed E-state index contributed by atoms with van der Waals surface area (Å²) >= 11 is 0. The Morgan fingerprint density at radius 2 is 1.51 bits per heavy atom. The largest absolute Gasteiger partial charge is 0.505 e. The number of nitrogens with zero attached hydrogens (tertiary/aromatic N) is 3. The second kappa shape index (κ2) is 8.84. The van der Waals surface area contributed by atoms with Crippen molar-refractivity contribution in [2.45, 2.75) is 26.7 Å². The van der Waals surface area contributed by atoms with Gasteiger partial charge in [-0.05, 0) is 53.6 Å². The highest BCUT2D eigenvalue weighted by Crippen LogP contribution is 2.38. The zero-order valence-corrected chi connectivity index (χ0v) is 22.0. The number of benzene rings is 4. The highest BCUT2D eigenvalue weighted by atomic mass is 16.5. The second-order valence-corrected chi connectivity index (χ2v) is 10.3. The summed E-state index contributed by atoms with van der Waals surface area (Å²) in [6, 6.07) is 30.8. The Balaban J connectivity index is 1.44. The van der Waals surface area contributed by atoms with Crippen molar-refractivity contribution >= 4 is 43.5 Å². The SMILES string of the molecule is Cc1ccc2c(C(C)C)cc(Oc3ccc4c5ccccc5n(-c5nccc6ccccc56)c4c3)nc2c1O. The lowest BCUT2D eigenvalue weighted by atomic mass is 9.97. The lowest BCUT2D eigenvalue weighted by molar-refractivity contribution is 0.458. The molecule has 1 N–H and O–H groups in total. The Kier molecular flexibility index (Phi) is 5.27. The number of hydrogen-bond acceptors (Lipinski definition) is 4. The average Bonchev–Trinajstić information content (AvgIpc) is 3.28. The smallest absolute Gasteiger partial charge is 0.220 e. The molecule has 0 radical (unpaired) electrons. The topological polar surface area (TPSA) is 60.2 Å². The minimum Gasteiger partial charge on any atom is -0.505 e. The summed E-state index contributed by atoms with van der Waals surface area (Å²) in [7, 11) is 0. The fourth-order valence-corrected chi connectivity index (χ4v) is 5.55. The van der Waals surface area contributed by atoms with E-state index in [0.29, 0.717) is 17.1 Å². The molecule has 190 valence electrons. The molecule has 0 atom stereocenters. The number of ether oxygens (including phenoxy) is 1. The number of rotatable bonds is 4. The van der Waals surface area contributed by atoms with Crippen LogP contribution in [0.3, 0.4) is 0 Å². The summed E-state index contributed by atoms with van der Waals surface area (Å²) in [5.74, 6) is 2.43. The number of fused-ring (bicyclic) bond motifs is 5. The van der Waals surface area contributed by atoms with Gasteiger partial charge in [-0.3, -0.25) is 4.57 Å². The highest BCUT2D eigenvalue weighted by Gasteiger charge is 2.18. The van der Waals surface area contributed by atoms with Crippen LogP contribution < -0.4 is 4.74 Å². The summed E-state index contributed by atoms with van der Waals surface area (Å²) in [4.78, 5) is 9.56. The normalized spacial score (nSPS) is 11.8. The van der Waals surface area contributed by atoms with Gasteiger partial charge in [-0.25, -0.2) is 9.97 Å². The third-order valence-corrected chi connectivity index (χ3v) is 7.52. The van der Waals surface area contributed by atoms with Gasteiger partial charge in [-0.2, -0.15) is 0 Å². The van der Waals surface area contributed by atoms with Crippen molar-refractivity contribution < 1.29 is 9.84 Å². The summed E-state index contributed by atoms with van der Waals surface area (Å²) < 4.78 is 8.61. The van der Waals surface area contributed by atoms with Gasteiger partial charge in [0.05, 0.1) is 11.0 Å². The third-order valence-electron chi connectivity index (χ3n) is 7.52. The van der Waals surface area contributed by atoms with E-state index in [-0.39, 0.29) is 11.7 Å². The number of hydrogen-bond donors (Lipinski definition) is 1. The van der Waals surface area contributed by atoms with Gasteiger partial charge in [-0.1, -0.05) is 68.4 Å². The molecular weight excluding hydrogens is 482 g/mol. The van der Waals surface area contributed by atoms with Crippen LogP contribution >= 0.6 is 0 Å². The van der Waals surface area contributed by atoms with E-state index in [9.17, 15) is 5.11 Å². The van der Waals surface area contributed by atoms with Crippen LogP contribution in [-0.2, 0) is 0 Å². The van der Waals surface area contributed by atoms with Crippen molar-refractivity contribution in [1.82, 2.24) is 14.5 Å². The van der Waals surface area contributed by atoms with Crippen molar-refractivity contribution in [2.24, 2.45) is 0 Å². The van der Waals surface area contributed by atoms with Gasteiger partial charge in [0.15, 0.2) is 0 Å². The van der Waals surface area contributed by atoms with Gasteiger partial charge in [0.1, 0.15) is 22.8 Å². The summed E-state index contributed by atoms with van der Waals surface area (Å²) in [5, 5.41) is 16.2. The monoisotopic (exact) mass is 509 g/mol. The van der Waals surface area contributed by atoms with Gasteiger partial charge in [0, 0.05) is 39.9 Å².